The predicted octanol–water partition coefficient (Wildman–Crippen LogP) is 1.27. The van der Waals surface area contributed by atoms with Gasteiger partial charge in [0.15, 0.2) is 0 Å². The Kier molecular flexibility index (Phi) is 4.00. The number of rotatable bonds is 4. The second kappa shape index (κ2) is 5.28. The van der Waals surface area contributed by atoms with E-state index in [-0.39, 0.29) is 6.61 Å². The van der Waals surface area contributed by atoms with Crippen molar-refractivity contribution in [1.82, 2.24) is 10.2 Å². The maximum Gasteiger partial charge on any atom is 0.0825 e. The molecule has 2 fully saturated rings. The van der Waals surface area contributed by atoms with Crippen molar-refractivity contribution in [2.24, 2.45) is 5.92 Å². The van der Waals surface area contributed by atoms with Crippen molar-refractivity contribution < 1.29 is 5.11 Å². The fourth-order valence-corrected chi connectivity index (χ4v) is 2.79. The summed E-state index contributed by atoms with van der Waals surface area (Å²) in [5.41, 5.74) is 0. The molecule has 2 atom stereocenters. The minimum atomic E-state index is 0.115. The van der Waals surface area contributed by atoms with Gasteiger partial charge in [0, 0.05) is 12.1 Å². The normalized spacial score (nSPS) is 31.2. The molecule has 1 N–H and O–H groups in total. The minimum Gasteiger partial charge on any atom is -0.312 e. The van der Waals surface area contributed by atoms with Gasteiger partial charge >= 0.3 is 0 Å². The van der Waals surface area contributed by atoms with Crippen molar-refractivity contribution in [3.8, 4) is 0 Å². The summed E-state index contributed by atoms with van der Waals surface area (Å²) >= 11 is 0. The van der Waals surface area contributed by atoms with Gasteiger partial charge in [0.1, 0.15) is 0 Å². The van der Waals surface area contributed by atoms with E-state index in [1.165, 1.54) is 38.9 Å². The van der Waals surface area contributed by atoms with Crippen LogP contribution >= 0.6 is 0 Å². The molecule has 0 aromatic rings. The smallest absolute Gasteiger partial charge is 0.0825 e. The number of likely N-dealkylation sites (tertiary alicyclic amines) is 1. The summed E-state index contributed by atoms with van der Waals surface area (Å²) in [4.78, 5) is 2.60. The lowest BCUT2D eigenvalue weighted by molar-refractivity contribution is 0.0820. The maximum atomic E-state index is 10.6. The fourth-order valence-electron chi connectivity index (χ4n) is 2.79. The van der Waals surface area contributed by atoms with Crippen molar-refractivity contribution in [2.75, 3.05) is 26.2 Å². The third-order valence-electron chi connectivity index (χ3n) is 4.20. The van der Waals surface area contributed by atoms with Gasteiger partial charge in [-0.2, -0.15) is 0 Å². The van der Waals surface area contributed by atoms with Crippen LogP contribution in [0.1, 0.15) is 32.6 Å². The van der Waals surface area contributed by atoms with Crippen LogP contribution in [0.15, 0.2) is 0 Å². The highest BCUT2D eigenvalue weighted by atomic mass is 16.3. The first-order chi connectivity index (χ1) is 7.31. The second-order valence-electron chi connectivity index (χ2n) is 5.06. The zero-order valence-corrected chi connectivity index (χ0v) is 9.74. The van der Waals surface area contributed by atoms with Crippen molar-refractivity contribution in [2.45, 2.75) is 44.7 Å². The van der Waals surface area contributed by atoms with E-state index in [4.69, 9.17) is 0 Å². The fraction of sp³-hybridized carbons (Fsp3) is 1.00. The van der Waals surface area contributed by atoms with E-state index >= 15 is 0 Å². The van der Waals surface area contributed by atoms with E-state index in [1.54, 1.807) is 0 Å². The Morgan fingerprint density at radius 2 is 2.00 bits per heavy atom. The highest BCUT2D eigenvalue weighted by molar-refractivity contribution is 4.89. The molecular weight excluding hydrogens is 188 g/mol. The molecule has 0 spiro atoms. The van der Waals surface area contributed by atoms with Gasteiger partial charge in [-0.1, -0.05) is 0 Å². The Balaban J connectivity index is 1.72. The van der Waals surface area contributed by atoms with Crippen molar-refractivity contribution >= 4 is 0 Å². The van der Waals surface area contributed by atoms with Gasteiger partial charge in [-0.05, 0) is 58.2 Å². The van der Waals surface area contributed by atoms with E-state index in [1.807, 2.05) is 0 Å². The van der Waals surface area contributed by atoms with Crippen molar-refractivity contribution in [3.63, 3.8) is 0 Å². The molecular formula is C12H23N2O. The number of hydrogen-bond acceptors (Lipinski definition) is 2. The van der Waals surface area contributed by atoms with Crippen molar-refractivity contribution in [1.29, 1.82) is 0 Å². The van der Waals surface area contributed by atoms with Crippen LogP contribution in [0.2, 0.25) is 0 Å². The summed E-state index contributed by atoms with van der Waals surface area (Å²) in [5.74, 6) is 0.709. The highest BCUT2D eigenvalue weighted by Gasteiger charge is 2.30. The van der Waals surface area contributed by atoms with Gasteiger partial charge in [0.2, 0.25) is 0 Å². The van der Waals surface area contributed by atoms with Crippen LogP contribution in [0.5, 0.6) is 0 Å². The largest absolute Gasteiger partial charge is 0.312 e. The molecule has 87 valence electrons. The van der Waals surface area contributed by atoms with Crippen LogP contribution in [0.3, 0.4) is 0 Å². The average Bonchev–Trinajstić information content (AvgIpc) is 2.16. The van der Waals surface area contributed by atoms with E-state index in [0.717, 1.165) is 12.5 Å². The second-order valence-corrected chi connectivity index (χ2v) is 5.06. The third kappa shape index (κ3) is 2.71. The van der Waals surface area contributed by atoms with Crippen LogP contribution in [-0.4, -0.2) is 43.2 Å². The van der Waals surface area contributed by atoms with Gasteiger partial charge in [0.25, 0.3) is 0 Å². The molecule has 0 amide bonds. The summed E-state index contributed by atoms with van der Waals surface area (Å²) in [6.45, 7) is 6.05. The Bertz CT molecular complexity index is 186. The highest BCUT2D eigenvalue weighted by Crippen LogP contribution is 2.23. The van der Waals surface area contributed by atoms with Gasteiger partial charge in [-0.3, -0.25) is 4.90 Å². The molecule has 2 rings (SSSR count). The Labute approximate surface area is 92.8 Å². The van der Waals surface area contributed by atoms with Gasteiger partial charge in [-0.25, -0.2) is 5.11 Å². The first-order valence-corrected chi connectivity index (χ1v) is 6.37. The molecule has 0 aliphatic carbocycles. The molecule has 0 saturated carbocycles. The molecule has 2 saturated heterocycles. The van der Waals surface area contributed by atoms with E-state index in [9.17, 15) is 5.11 Å². The van der Waals surface area contributed by atoms with Crippen LogP contribution in [-0.2, 0) is 5.11 Å². The lowest BCUT2D eigenvalue weighted by Gasteiger charge is -2.43. The topological polar surface area (TPSA) is 35.2 Å². The summed E-state index contributed by atoms with van der Waals surface area (Å²) in [6.07, 6.45) is 4.70. The van der Waals surface area contributed by atoms with Gasteiger partial charge in [0.05, 0.1) is 6.61 Å². The number of nitrogens with zero attached hydrogens (tertiary/aromatic N) is 1. The maximum absolute atomic E-state index is 10.6. The van der Waals surface area contributed by atoms with Crippen LogP contribution in [0, 0.1) is 5.92 Å². The van der Waals surface area contributed by atoms with E-state index in [0.29, 0.717) is 12.0 Å². The summed E-state index contributed by atoms with van der Waals surface area (Å²) in [6, 6.07) is 1.41. The number of nitrogens with one attached hydrogen (secondary N) is 1. The summed E-state index contributed by atoms with van der Waals surface area (Å²) in [5, 5.41) is 14.0. The molecule has 2 heterocycles. The van der Waals surface area contributed by atoms with Crippen LogP contribution in [0.4, 0.5) is 0 Å². The molecule has 15 heavy (non-hydrogen) atoms. The minimum absolute atomic E-state index is 0.115. The number of hydrogen-bond donors (Lipinski definition) is 1. The lowest BCUT2D eigenvalue weighted by atomic mass is 9.91. The Hall–Kier alpha value is -0.120. The standard InChI is InChI=1S/C12H23N2O/c1-10(12-2-6-13-12)14-7-3-11(4-8-14)5-9-15/h10-13H,2-9H2,1H3. The lowest BCUT2D eigenvalue weighted by Crippen LogP contribution is -2.57. The molecule has 3 nitrogen and oxygen atoms in total. The van der Waals surface area contributed by atoms with Gasteiger partial charge in [-0.15, -0.1) is 0 Å². The molecule has 2 unspecified atom stereocenters. The summed E-state index contributed by atoms with van der Waals surface area (Å²) < 4.78 is 0. The molecule has 0 bridgehead atoms. The summed E-state index contributed by atoms with van der Waals surface area (Å²) in [7, 11) is 0. The zero-order chi connectivity index (χ0) is 10.7. The average molecular weight is 211 g/mol. The predicted molar refractivity (Wildman–Crippen MR) is 60.3 cm³/mol. The first kappa shape index (κ1) is 11.4. The molecule has 3 heteroatoms. The molecule has 2 aliphatic rings. The zero-order valence-electron chi connectivity index (χ0n) is 9.74. The first-order valence-electron chi connectivity index (χ1n) is 6.37. The Morgan fingerprint density at radius 3 is 2.47 bits per heavy atom. The molecule has 1 radical (unpaired) electrons. The van der Waals surface area contributed by atoms with Crippen LogP contribution in [0.25, 0.3) is 0 Å². The van der Waals surface area contributed by atoms with E-state index < -0.39 is 0 Å². The van der Waals surface area contributed by atoms with Crippen LogP contribution < -0.4 is 5.32 Å². The number of piperidine rings is 1. The Morgan fingerprint density at radius 1 is 1.33 bits per heavy atom. The molecule has 0 aromatic heterocycles. The third-order valence-corrected chi connectivity index (χ3v) is 4.20. The quantitative estimate of drug-likeness (QED) is 0.760. The van der Waals surface area contributed by atoms with E-state index in [2.05, 4.69) is 17.1 Å². The molecule has 2 aliphatic heterocycles. The monoisotopic (exact) mass is 211 g/mol. The van der Waals surface area contributed by atoms with Gasteiger partial charge < -0.3 is 5.32 Å². The molecule has 0 aromatic carbocycles. The SMILES string of the molecule is CC(C1CCN1)N1CCC(CC[O])CC1. The van der Waals surface area contributed by atoms with Crippen molar-refractivity contribution in [3.05, 3.63) is 0 Å².